The summed E-state index contributed by atoms with van der Waals surface area (Å²) in [5.41, 5.74) is 6.70. The van der Waals surface area contributed by atoms with Crippen molar-refractivity contribution >= 4 is 5.91 Å². The Balaban J connectivity index is 2.91. The van der Waals surface area contributed by atoms with Gasteiger partial charge < -0.3 is 20.5 Å². The fourth-order valence-electron chi connectivity index (χ4n) is 1.87. The lowest BCUT2D eigenvalue weighted by molar-refractivity contribution is -0.123. The number of hydrogen-bond donors (Lipinski definition) is 2. The number of ether oxygens (including phenoxy) is 2. The number of carbonyl (C=O) groups excluding carboxylic acids is 1. The van der Waals surface area contributed by atoms with Crippen LogP contribution in [-0.4, -0.2) is 26.2 Å². The first kappa shape index (κ1) is 16.3. The van der Waals surface area contributed by atoms with Gasteiger partial charge in [0.25, 0.3) is 0 Å². The molecule has 1 aromatic carbocycles. The number of carbonyl (C=O) groups is 1. The van der Waals surface area contributed by atoms with E-state index in [1.54, 1.807) is 14.2 Å². The predicted octanol–water partition coefficient (Wildman–Crippen LogP) is 1.86. The molecule has 1 rings (SSSR count). The van der Waals surface area contributed by atoms with Crippen molar-refractivity contribution in [3.05, 3.63) is 23.8 Å². The van der Waals surface area contributed by atoms with Gasteiger partial charge in [-0.2, -0.15) is 0 Å². The third kappa shape index (κ3) is 3.87. The zero-order chi connectivity index (χ0) is 15.3. The highest BCUT2D eigenvalue weighted by molar-refractivity contribution is 5.82. The smallest absolute Gasteiger partial charge is 0.237 e. The van der Waals surface area contributed by atoms with Crippen molar-refractivity contribution in [1.29, 1.82) is 0 Å². The van der Waals surface area contributed by atoms with E-state index in [1.807, 2.05) is 39.0 Å². The highest BCUT2D eigenvalue weighted by Crippen LogP contribution is 2.29. The van der Waals surface area contributed by atoms with Gasteiger partial charge in [0.05, 0.1) is 26.3 Å². The molecule has 0 aliphatic carbocycles. The number of methoxy groups -OCH3 is 2. The molecular weight excluding hydrogens is 256 g/mol. The summed E-state index contributed by atoms with van der Waals surface area (Å²) >= 11 is 0. The van der Waals surface area contributed by atoms with Gasteiger partial charge in [0.15, 0.2) is 0 Å². The van der Waals surface area contributed by atoms with E-state index in [9.17, 15) is 4.79 Å². The van der Waals surface area contributed by atoms with Gasteiger partial charge in [-0.25, -0.2) is 0 Å². The lowest BCUT2D eigenvalue weighted by Crippen LogP contribution is -2.44. The third-order valence-corrected chi connectivity index (χ3v) is 3.28. The molecule has 0 aliphatic rings. The first-order chi connectivity index (χ1) is 9.40. The predicted molar refractivity (Wildman–Crippen MR) is 78.9 cm³/mol. The van der Waals surface area contributed by atoms with Crippen LogP contribution in [0.3, 0.4) is 0 Å². The SMILES string of the molecule is COc1ccc(OC)c(C(C)NC(=O)[C@H](N)C(C)C)c1. The maximum Gasteiger partial charge on any atom is 0.237 e. The van der Waals surface area contributed by atoms with Crippen molar-refractivity contribution < 1.29 is 14.3 Å². The maximum atomic E-state index is 12.0. The van der Waals surface area contributed by atoms with Gasteiger partial charge in [-0.05, 0) is 31.0 Å². The van der Waals surface area contributed by atoms with Crippen LogP contribution < -0.4 is 20.5 Å². The molecule has 0 saturated carbocycles. The largest absolute Gasteiger partial charge is 0.497 e. The molecule has 0 aromatic heterocycles. The molecule has 1 amide bonds. The average Bonchev–Trinajstić information content (AvgIpc) is 2.45. The topological polar surface area (TPSA) is 73.6 Å². The number of rotatable bonds is 6. The summed E-state index contributed by atoms with van der Waals surface area (Å²) in [5, 5.41) is 2.90. The Hall–Kier alpha value is -1.75. The molecule has 0 saturated heterocycles. The van der Waals surface area contributed by atoms with Crippen LogP contribution in [0.1, 0.15) is 32.4 Å². The normalized spacial score (nSPS) is 13.8. The van der Waals surface area contributed by atoms with Gasteiger partial charge in [-0.3, -0.25) is 4.79 Å². The number of nitrogens with one attached hydrogen (secondary N) is 1. The van der Waals surface area contributed by atoms with E-state index in [4.69, 9.17) is 15.2 Å². The Morgan fingerprint density at radius 2 is 1.85 bits per heavy atom. The summed E-state index contributed by atoms with van der Waals surface area (Å²) < 4.78 is 10.5. The summed E-state index contributed by atoms with van der Waals surface area (Å²) in [6.07, 6.45) is 0. The number of hydrogen-bond acceptors (Lipinski definition) is 4. The molecule has 112 valence electrons. The monoisotopic (exact) mass is 280 g/mol. The quantitative estimate of drug-likeness (QED) is 0.834. The summed E-state index contributed by atoms with van der Waals surface area (Å²) in [4.78, 5) is 12.0. The minimum Gasteiger partial charge on any atom is -0.497 e. The van der Waals surface area contributed by atoms with Crippen LogP contribution >= 0.6 is 0 Å². The van der Waals surface area contributed by atoms with Crippen molar-refractivity contribution in [2.75, 3.05) is 14.2 Å². The van der Waals surface area contributed by atoms with E-state index >= 15 is 0 Å². The van der Waals surface area contributed by atoms with E-state index in [0.717, 1.165) is 11.3 Å². The Kier molecular flexibility index (Phi) is 5.82. The molecule has 0 radical (unpaired) electrons. The van der Waals surface area contributed by atoms with E-state index < -0.39 is 6.04 Å². The lowest BCUT2D eigenvalue weighted by atomic mass is 10.0. The summed E-state index contributed by atoms with van der Waals surface area (Å²) in [7, 11) is 3.20. The molecule has 0 heterocycles. The minimum atomic E-state index is -0.519. The van der Waals surface area contributed by atoms with Crippen molar-refractivity contribution in [3.8, 4) is 11.5 Å². The van der Waals surface area contributed by atoms with Gasteiger partial charge in [0, 0.05) is 5.56 Å². The molecule has 0 fully saturated rings. The Labute approximate surface area is 120 Å². The Bertz CT molecular complexity index is 460. The lowest BCUT2D eigenvalue weighted by Gasteiger charge is -2.21. The molecule has 5 heteroatoms. The van der Waals surface area contributed by atoms with Crippen molar-refractivity contribution in [3.63, 3.8) is 0 Å². The standard InChI is InChI=1S/C15H24N2O3/c1-9(2)14(16)15(18)17-10(3)12-8-11(19-4)6-7-13(12)20-5/h6-10,14H,16H2,1-5H3,(H,17,18)/t10?,14-/m1/s1. The van der Waals surface area contributed by atoms with Crippen LogP contribution in [0.4, 0.5) is 0 Å². The van der Waals surface area contributed by atoms with Crippen molar-refractivity contribution in [2.45, 2.75) is 32.9 Å². The van der Waals surface area contributed by atoms with Crippen molar-refractivity contribution in [2.24, 2.45) is 11.7 Å². The molecule has 0 bridgehead atoms. The second-order valence-electron chi connectivity index (χ2n) is 5.11. The fraction of sp³-hybridized carbons (Fsp3) is 0.533. The van der Waals surface area contributed by atoms with Gasteiger partial charge in [0.1, 0.15) is 11.5 Å². The molecule has 1 aromatic rings. The number of benzene rings is 1. The van der Waals surface area contributed by atoms with E-state index in [-0.39, 0.29) is 17.9 Å². The van der Waals surface area contributed by atoms with E-state index in [1.165, 1.54) is 0 Å². The maximum absolute atomic E-state index is 12.0. The number of nitrogens with two attached hydrogens (primary N) is 1. The van der Waals surface area contributed by atoms with Crippen LogP contribution in [0.15, 0.2) is 18.2 Å². The van der Waals surface area contributed by atoms with Crippen LogP contribution in [0.2, 0.25) is 0 Å². The summed E-state index contributed by atoms with van der Waals surface area (Å²) in [5.74, 6) is 1.35. The highest BCUT2D eigenvalue weighted by Gasteiger charge is 2.21. The van der Waals surface area contributed by atoms with Gasteiger partial charge >= 0.3 is 0 Å². The van der Waals surface area contributed by atoms with Crippen LogP contribution in [0.25, 0.3) is 0 Å². The third-order valence-electron chi connectivity index (χ3n) is 3.28. The van der Waals surface area contributed by atoms with E-state index in [0.29, 0.717) is 5.75 Å². The molecule has 5 nitrogen and oxygen atoms in total. The molecule has 0 aliphatic heterocycles. The average molecular weight is 280 g/mol. The zero-order valence-corrected chi connectivity index (χ0v) is 12.8. The second kappa shape index (κ2) is 7.14. The molecular formula is C15H24N2O3. The van der Waals surface area contributed by atoms with Gasteiger partial charge in [-0.1, -0.05) is 13.8 Å². The zero-order valence-electron chi connectivity index (χ0n) is 12.8. The van der Waals surface area contributed by atoms with Gasteiger partial charge in [-0.15, -0.1) is 0 Å². The first-order valence-corrected chi connectivity index (χ1v) is 6.68. The van der Waals surface area contributed by atoms with Crippen LogP contribution in [0, 0.1) is 5.92 Å². The minimum absolute atomic E-state index is 0.0920. The van der Waals surface area contributed by atoms with Crippen LogP contribution in [0.5, 0.6) is 11.5 Å². The Morgan fingerprint density at radius 3 is 2.35 bits per heavy atom. The molecule has 20 heavy (non-hydrogen) atoms. The molecule has 0 spiro atoms. The molecule has 3 N–H and O–H groups in total. The van der Waals surface area contributed by atoms with Crippen LogP contribution in [-0.2, 0) is 4.79 Å². The molecule has 2 atom stereocenters. The molecule has 1 unspecified atom stereocenters. The van der Waals surface area contributed by atoms with Crippen molar-refractivity contribution in [1.82, 2.24) is 5.32 Å². The summed E-state index contributed by atoms with van der Waals surface area (Å²) in [6, 6.07) is 4.76. The van der Waals surface area contributed by atoms with Gasteiger partial charge in [0.2, 0.25) is 5.91 Å². The van der Waals surface area contributed by atoms with E-state index in [2.05, 4.69) is 5.32 Å². The summed E-state index contributed by atoms with van der Waals surface area (Å²) in [6.45, 7) is 5.73. The first-order valence-electron chi connectivity index (χ1n) is 6.68. The highest BCUT2D eigenvalue weighted by atomic mass is 16.5. The fourth-order valence-corrected chi connectivity index (χ4v) is 1.87. The Morgan fingerprint density at radius 1 is 1.20 bits per heavy atom. The number of amides is 1. The second-order valence-corrected chi connectivity index (χ2v) is 5.11.